The quantitative estimate of drug-likeness (QED) is 0.497. The highest BCUT2D eigenvalue weighted by Gasteiger charge is 2.04. The summed E-state index contributed by atoms with van der Waals surface area (Å²) in [5, 5.41) is 3.66. The predicted molar refractivity (Wildman–Crippen MR) is 95.0 cm³/mol. The minimum absolute atomic E-state index is 0.893. The summed E-state index contributed by atoms with van der Waals surface area (Å²) < 4.78 is 5.22. The van der Waals surface area contributed by atoms with Gasteiger partial charge in [0.1, 0.15) is 5.75 Å². The molecule has 0 spiro atoms. The normalized spacial score (nSPS) is 11.0. The van der Waals surface area contributed by atoms with E-state index in [9.17, 15) is 0 Å². The minimum atomic E-state index is 0.893. The summed E-state index contributed by atoms with van der Waals surface area (Å²) in [7, 11) is 1.69. The van der Waals surface area contributed by atoms with Crippen LogP contribution in [0.25, 0.3) is 21.7 Å². The molecule has 0 aliphatic heterocycles. The summed E-state index contributed by atoms with van der Waals surface area (Å²) in [6.07, 6.45) is 2.87. The van der Waals surface area contributed by atoms with E-state index in [4.69, 9.17) is 4.74 Å². The molecule has 112 valence electrons. The summed E-state index contributed by atoms with van der Waals surface area (Å²) >= 11 is 0. The van der Waals surface area contributed by atoms with E-state index in [2.05, 4.69) is 53.5 Å². The number of benzene rings is 3. The number of nitrogens with zero attached hydrogens (tertiary/aromatic N) is 1. The van der Waals surface area contributed by atoms with Crippen LogP contribution in [0.2, 0.25) is 0 Å². The van der Waals surface area contributed by atoms with E-state index in [0.29, 0.717) is 0 Å². The van der Waals surface area contributed by atoms with Gasteiger partial charge in [-0.1, -0.05) is 48.5 Å². The second-order valence-corrected chi connectivity index (χ2v) is 5.72. The molecule has 3 aromatic carbocycles. The lowest BCUT2D eigenvalue weighted by Crippen LogP contribution is -1.90. The molecule has 4 rings (SSSR count). The highest BCUT2D eigenvalue weighted by molar-refractivity contribution is 6.05. The second-order valence-electron chi connectivity index (χ2n) is 5.72. The Labute approximate surface area is 135 Å². The van der Waals surface area contributed by atoms with Crippen molar-refractivity contribution in [3.8, 4) is 5.75 Å². The van der Waals surface area contributed by atoms with E-state index in [-0.39, 0.29) is 0 Å². The van der Waals surface area contributed by atoms with Crippen molar-refractivity contribution in [2.24, 2.45) is 0 Å². The third kappa shape index (κ3) is 2.64. The first-order valence-electron chi connectivity index (χ1n) is 7.73. The number of fused-ring (bicyclic) bond motifs is 3. The second kappa shape index (κ2) is 5.73. The lowest BCUT2D eigenvalue weighted by Gasteiger charge is -2.07. The molecule has 1 heterocycles. The van der Waals surface area contributed by atoms with Crippen molar-refractivity contribution in [2.75, 3.05) is 7.11 Å². The van der Waals surface area contributed by atoms with Crippen LogP contribution in [0.15, 0.2) is 72.9 Å². The zero-order chi connectivity index (χ0) is 15.6. The van der Waals surface area contributed by atoms with Crippen molar-refractivity contribution in [3.05, 3.63) is 84.1 Å². The maximum atomic E-state index is 5.22. The zero-order valence-corrected chi connectivity index (χ0v) is 13.0. The van der Waals surface area contributed by atoms with E-state index in [0.717, 1.165) is 17.7 Å². The average Bonchev–Trinajstić information content (AvgIpc) is 2.62. The van der Waals surface area contributed by atoms with Gasteiger partial charge in [-0.25, -0.2) is 0 Å². The van der Waals surface area contributed by atoms with Crippen LogP contribution in [-0.2, 0) is 6.42 Å². The first-order chi connectivity index (χ1) is 11.3. The summed E-state index contributed by atoms with van der Waals surface area (Å²) in [5.74, 6) is 0.893. The molecule has 0 unspecified atom stereocenters. The Morgan fingerprint density at radius 1 is 0.826 bits per heavy atom. The van der Waals surface area contributed by atoms with Gasteiger partial charge in [0.25, 0.3) is 0 Å². The molecule has 1 aromatic heterocycles. The third-order valence-corrected chi connectivity index (χ3v) is 4.22. The number of hydrogen-bond donors (Lipinski definition) is 0. The van der Waals surface area contributed by atoms with Crippen LogP contribution >= 0.6 is 0 Å². The summed E-state index contributed by atoms with van der Waals surface area (Å²) in [4.78, 5) is 4.53. The molecule has 0 fully saturated rings. The number of pyridine rings is 1. The van der Waals surface area contributed by atoms with Crippen LogP contribution in [0.1, 0.15) is 11.1 Å². The molecule has 2 nitrogen and oxygen atoms in total. The van der Waals surface area contributed by atoms with Crippen LogP contribution in [0.5, 0.6) is 5.75 Å². The summed E-state index contributed by atoms with van der Waals surface area (Å²) in [6, 6.07) is 23.2. The van der Waals surface area contributed by atoms with E-state index >= 15 is 0 Å². The van der Waals surface area contributed by atoms with Gasteiger partial charge in [-0.3, -0.25) is 4.98 Å². The lowest BCUT2D eigenvalue weighted by molar-refractivity contribution is 0.414. The van der Waals surface area contributed by atoms with E-state index in [1.807, 2.05) is 24.4 Å². The SMILES string of the molecule is COc1ccc(Cc2ccc3cnc4ccccc4c3c2)cc1. The topological polar surface area (TPSA) is 22.1 Å². The van der Waals surface area contributed by atoms with Crippen LogP contribution in [0.3, 0.4) is 0 Å². The predicted octanol–water partition coefficient (Wildman–Crippen LogP) is 4.99. The van der Waals surface area contributed by atoms with Crippen LogP contribution in [-0.4, -0.2) is 12.1 Å². The van der Waals surface area contributed by atoms with Crippen molar-refractivity contribution >= 4 is 21.7 Å². The highest BCUT2D eigenvalue weighted by Crippen LogP contribution is 2.25. The number of hydrogen-bond acceptors (Lipinski definition) is 2. The zero-order valence-electron chi connectivity index (χ0n) is 13.0. The molecular weight excluding hydrogens is 282 g/mol. The van der Waals surface area contributed by atoms with Gasteiger partial charge < -0.3 is 4.74 Å². The molecule has 0 saturated carbocycles. The van der Waals surface area contributed by atoms with Crippen LogP contribution < -0.4 is 4.74 Å². The number of para-hydroxylation sites is 1. The van der Waals surface area contributed by atoms with Crippen molar-refractivity contribution in [1.82, 2.24) is 4.98 Å². The van der Waals surface area contributed by atoms with Crippen LogP contribution in [0.4, 0.5) is 0 Å². The molecule has 0 atom stereocenters. The summed E-state index contributed by atoms with van der Waals surface area (Å²) in [5.41, 5.74) is 3.63. The highest BCUT2D eigenvalue weighted by atomic mass is 16.5. The monoisotopic (exact) mass is 299 g/mol. The van der Waals surface area contributed by atoms with Gasteiger partial charge in [-0.2, -0.15) is 0 Å². The van der Waals surface area contributed by atoms with E-state index in [1.54, 1.807) is 7.11 Å². The van der Waals surface area contributed by atoms with Gasteiger partial charge in [0.05, 0.1) is 12.6 Å². The Morgan fingerprint density at radius 2 is 1.61 bits per heavy atom. The number of rotatable bonds is 3. The number of ether oxygens (including phenoxy) is 1. The molecule has 0 radical (unpaired) electrons. The van der Waals surface area contributed by atoms with Gasteiger partial charge in [-0.05, 0) is 41.1 Å². The van der Waals surface area contributed by atoms with Gasteiger partial charge in [-0.15, -0.1) is 0 Å². The molecule has 0 bridgehead atoms. The van der Waals surface area contributed by atoms with Gasteiger partial charge in [0, 0.05) is 17.0 Å². The molecule has 0 aliphatic rings. The third-order valence-electron chi connectivity index (χ3n) is 4.22. The molecule has 23 heavy (non-hydrogen) atoms. The molecule has 4 aromatic rings. The lowest BCUT2D eigenvalue weighted by atomic mass is 10.00. The number of methoxy groups -OCH3 is 1. The average molecular weight is 299 g/mol. The van der Waals surface area contributed by atoms with Crippen molar-refractivity contribution in [3.63, 3.8) is 0 Å². The van der Waals surface area contributed by atoms with Crippen molar-refractivity contribution in [1.29, 1.82) is 0 Å². The molecule has 0 saturated heterocycles. The van der Waals surface area contributed by atoms with E-state index in [1.165, 1.54) is 27.3 Å². The Kier molecular flexibility index (Phi) is 3.43. The largest absolute Gasteiger partial charge is 0.497 e. The minimum Gasteiger partial charge on any atom is -0.497 e. The van der Waals surface area contributed by atoms with Gasteiger partial charge >= 0.3 is 0 Å². The van der Waals surface area contributed by atoms with Crippen molar-refractivity contribution in [2.45, 2.75) is 6.42 Å². The molecular formula is C21H17NO. The molecule has 0 aliphatic carbocycles. The van der Waals surface area contributed by atoms with Crippen molar-refractivity contribution < 1.29 is 4.74 Å². The molecule has 0 amide bonds. The molecule has 0 N–H and O–H groups in total. The smallest absolute Gasteiger partial charge is 0.118 e. The maximum Gasteiger partial charge on any atom is 0.118 e. The maximum absolute atomic E-state index is 5.22. The molecule has 2 heteroatoms. The first-order valence-corrected chi connectivity index (χ1v) is 7.73. The van der Waals surface area contributed by atoms with E-state index < -0.39 is 0 Å². The van der Waals surface area contributed by atoms with Crippen LogP contribution in [0, 0.1) is 0 Å². The fourth-order valence-electron chi connectivity index (χ4n) is 2.99. The fraction of sp³-hybridized carbons (Fsp3) is 0.0952. The number of aromatic nitrogens is 1. The summed E-state index contributed by atoms with van der Waals surface area (Å²) in [6.45, 7) is 0. The Hall–Kier alpha value is -2.87. The standard InChI is InChI=1S/C21H17NO/c1-23-18-10-7-15(8-11-18)12-16-6-9-17-14-22-21-5-3-2-4-19(21)20(17)13-16/h2-11,13-14H,12H2,1H3. The fourth-order valence-corrected chi connectivity index (χ4v) is 2.99. The Balaban J connectivity index is 1.76. The van der Waals surface area contributed by atoms with Gasteiger partial charge in [0.2, 0.25) is 0 Å². The first kappa shape index (κ1) is 13.8. The van der Waals surface area contributed by atoms with Gasteiger partial charge in [0.15, 0.2) is 0 Å². The Morgan fingerprint density at radius 3 is 2.43 bits per heavy atom. The Bertz CT molecular complexity index is 974.